The molecule has 1 atom stereocenters. The number of fused-ring (bicyclic) bond motifs is 1. The van der Waals surface area contributed by atoms with Crippen molar-refractivity contribution in [2.75, 3.05) is 11.9 Å². The highest BCUT2D eigenvalue weighted by molar-refractivity contribution is 5.93. The molecule has 0 saturated heterocycles. The van der Waals surface area contributed by atoms with E-state index in [1.165, 1.54) is 0 Å². The largest absolute Gasteiger partial charge is 0.492 e. The number of ether oxygens (including phenoxy) is 1. The fourth-order valence-electron chi connectivity index (χ4n) is 2.43. The number of nitrogens with one attached hydrogen (secondary N) is 1. The molecule has 1 unspecified atom stereocenters. The minimum Gasteiger partial charge on any atom is -0.492 e. The van der Waals surface area contributed by atoms with Gasteiger partial charge in [-0.15, -0.1) is 0 Å². The quantitative estimate of drug-likeness (QED) is 0.880. The third-order valence-electron chi connectivity index (χ3n) is 3.54. The van der Waals surface area contributed by atoms with E-state index in [9.17, 15) is 9.59 Å². The standard InChI is InChI=1S/C17H15NO3/c19-10-12-4-3-6-15(8-12)18-17(20)14-9-13-5-1-2-7-16(13)21-11-14/h1-8,10,14H,9,11H2,(H,18,20). The SMILES string of the molecule is O=Cc1cccc(NC(=O)C2COc3ccccc3C2)c1. The topological polar surface area (TPSA) is 55.4 Å². The van der Waals surface area contributed by atoms with Crippen LogP contribution in [0.4, 0.5) is 5.69 Å². The van der Waals surface area contributed by atoms with Crippen LogP contribution in [0.2, 0.25) is 0 Å². The first-order chi connectivity index (χ1) is 10.3. The molecule has 1 aliphatic heterocycles. The molecule has 1 aliphatic rings. The van der Waals surface area contributed by atoms with E-state index in [0.717, 1.165) is 17.6 Å². The van der Waals surface area contributed by atoms with Gasteiger partial charge >= 0.3 is 0 Å². The maximum Gasteiger partial charge on any atom is 0.231 e. The van der Waals surface area contributed by atoms with Crippen LogP contribution in [0.5, 0.6) is 5.75 Å². The maximum absolute atomic E-state index is 12.3. The average Bonchev–Trinajstić information content (AvgIpc) is 2.54. The molecule has 21 heavy (non-hydrogen) atoms. The first-order valence-electron chi connectivity index (χ1n) is 6.83. The zero-order valence-electron chi connectivity index (χ0n) is 11.4. The van der Waals surface area contributed by atoms with Crippen LogP contribution in [0, 0.1) is 5.92 Å². The van der Waals surface area contributed by atoms with E-state index < -0.39 is 0 Å². The Kier molecular flexibility index (Phi) is 3.69. The minimum absolute atomic E-state index is 0.0902. The summed E-state index contributed by atoms with van der Waals surface area (Å²) in [4.78, 5) is 23.0. The summed E-state index contributed by atoms with van der Waals surface area (Å²) in [5, 5.41) is 2.84. The normalized spacial score (nSPS) is 16.5. The predicted molar refractivity (Wildman–Crippen MR) is 79.6 cm³/mol. The fourth-order valence-corrected chi connectivity index (χ4v) is 2.43. The molecule has 0 fully saturated rings. The molecule has 0 saturated carbocycles. The summed E-state index contributed by atoms with van der Waals surface area (Å²) >= 11 is 0. The van der Waals surface area contributed by atoms with Crippen molar-refractivity contribution in [1.29, 1.82) is 0 Å². The number of carbonyl (C=O) groups is 2. The number of aldehydes is 1. The minimum atomic E-state index is -0.222. The smallest absolute Gasteiger partial charge is 0.231 e. The van der Waals surface area contributed by atoms with Crippen molar-refractivity contribution in [2.24, 2.45) is 5.92 Å². The Morgan fingerprint density at radius 1 is 1.19 bits per heavy atom. The molecule has 1 amide bonds. The van der Waals surface area contributed by atoms with Crippen molar-refractivity contribution in [3.63, 3.8) is 0 Å². The maximum atomic E-state index is 12.3. The summed E-state index contributed by atoms with van der Waals surface area (Å²) in [5.74, 6) is 0.539. The lowest BCUT2D eigenvalue weighted by molar-refractivity contribution is -0.121. The summed E-state index contributed by atoms with van der Waals surface area (Å²) in [6, 6.07) is 14.6. The molecule has 1 heterocycles. The number of para-hydroxylation sites is 1. The van der Waals surface area contributed by atoms with Crippen molar-refractivity contribution in [1.82, 2.24) is 0 Å². The van der Waals surface area contributed by atoms with E-state index >= 15 is 0 Å². The number of hydrogen-bond acceptors (Lipinski definition) is 3. The van der Waals surface area contributed by atoms with Crippen molar-refractivity contribution in [3.8, 4) is 5.75 Å². The van der Waals surface area contributed by atoms with E-state index in [1.807, 2.05) is 24.3 Å². The molecular weight excluding hydrogens is 266 g/mol. The van der Waals surface area contributed by atoms with Crippen molar-refractivity contribution < 1.29 is 14.3 Å². The van der Waals surface area contributed by atoms with Gasteiger partial charge in [0.05, 0.1) is 5.92 Å². The molecule has 2 aromatic carbocycles. The molecule has 0 spiro atoms. The summed E-state index contributed by atoms with van der Waals surface area (Å²) < 4.78 is 5.62. The third kappa shape index (κ3) is 2.94. The fraction of sp³-hybridized carbons (Fsp3) is 0.176. The summed E-state index contributed by atoms with van der Waals surface area (Å²) in [6.45, 7) is 0.371. The Morgan fingerprint density at radius 2 is 2.05 bits per heavy atom. The number of amides is 1. The lowest BCUT2D eigenvalue weighted by atomic mass is 9.96. The number of anilines is 1. The summed E-state index contributed by atoms with van der Waals surface area (Å²) in [6.07, 6.45) is 1.42. The Hall–Kier alpha value is -2.62. The Morgan fingerprint density at radius 3 is 2.90 bits per heavy atom. The lowest BCUT2D eigenvalue weighted by Gasteiger charge is -2.24. The first-order valence-corrected chi connectivity index (χ1v) is 6.83. The average molecular weight is 281 g/mol. The molecule has 106 valence electrons. The van der Waals surface area contributed by atoms with Gasteiger partial charge in [0.2, 0.25) is 5.91 Å². The molecule has 2 aromatic rings. The molecule has 4 heteroatoms. The van der Waals surface area contributed by atoms with E-state index in [0.29, 0.717) is 24.3 Å². The van der Waals surface area contributed by atoms with Gasteiger partial charge in [0, 0.05) is 11.3 Å². The third-order valence-corrected chi connectivity index (χ3v) is 3.54. The molecule has 0 radical (unpaired) electrons. The number of carbonyl (C=O) groups excluding carboxylic acids is 2. The van der Waals surface area contributed by atoms with E-state index in [2.05, 4.69) is 5.32 Å². The number of benzene rings is 2. The van der Waals surface area contributed by atoms with E-state index in [-0.39, 0.29) is 11.8 Å². The Balaban J connectivity index is 1.70. The van der Waals surface area contributed by atoms with Crippen LogP contribution in [-0.2, 0) is 11.2 Å². The van der Waals surface area contributed by atoms with Gasteiger partial charge in [-0.05, 0) is 30.2 Å². The van der Waals surface area contributed by atoms with Gasteiger partial charge in [0.15, 0.2) is 0 Å². The Bertz CT molecular complexity index is 681. The Labute approximate surface area is 122 Å². The van der Waals surface area contributed by atoms with Crippen LogP contribution in [0.25, 0.3) is 0 Å². The second kappa shape index (κ2) is 5.79. The molecule has 0 bridgehead atoms. The molecular formula is C17H15NO3. The van der Waals surface area contributed by atoms with E-state index in [4.69, 9.17) is 4.74 Å². The highest BCUT2D eigenvalue weighted by Gasteiger charge is 2.25. The van der Waals surface area contributed by atoms with Crippen LogP contribution >= 0.6 is 0 Å². The van der Waals surface area contributed by atoms with Crippen molar-refractivity contribution in [2.45, 2.75) is 6.42 Å². The molecule has 4 nitrogen and oxygen atoms in total. The van der Waals surface area contributed by atoms with Gasteiger partial charge in [-0.1, -0.05) is 30.3 Å². The number of hydrogen-bond donors (Lipinski definition) is 1. The molecule has 1 N–H and O–H groups in total. The number of rotatable bonds is 3. The molecule has 0 aliphatic carbocycles. The molecule has 0 aromatic heterocycles. The van der Waals surface area contributed by atoms with Crippen LogP contribution in [0.15, 0.2) is 48.5 Å². The van der Waals surface area contributed by atoms with Gasteiger partial charge in [-0.3, -0.25) is 9.59 Å². The lowest BCUT2D eigenvalue weighted by Crippen LogP contribution is -2.32. The molecule has 3 rings (SSSR count). The zero-order valence-corrected chi connectivity index (χ0v) is 11.4. The van der Waals surface area contributed by atoms with Crippen LogP contribution in [0.1, 0.15) is 15.9 Å². The second-order valence-corrected chi connectivity index (χ2v) is 5.05. The van der Waals surface area contributed by atoms with Gasteiger partial charge in [-0.2, -0.15) is 0 Å². The zero-order chi connectivity index (χ0) is 14.7. The van der Waals surface area contributed by atoms with Gasteiger partial charge < -0.3 is 10.1 Å². The van der Waals surface area contributed by atoms with Crippen LogP contribution in [-0.4, -0.2) is 18.8 Å². The first kappa shape index (κ1) is 13.4. The highest BCUT2D eigenvalue weighted by Crippen LogP contribution is 2.27. The van der Waals surface area contributed by atoms with Gasteiger partial charge in [0.25, 0.3) is 0 Å². The van der Waals surface area contributed by atoms with Crippen molar-refractivity contribution >= 4 is 17.9 Å². The van der Waals surface area contributed by atoms with Gasteiger partial charge in [-0.25, -0.2) is 0 Å². The second-order valence-electron chi connectivity index (χ2n) is 5.05. The predicted octanol–water partition coefficient (Wildman–Crippen LogP) is 2.69. The van der Waals surface area contributed by atoms with Crippen LogP contribution in [0.3, 0.4) is 0 Å². The van der Waals surface area contributed by atoms with E-state index in [1.54, 1.807) is 24.3 Å². The van der Waals surface area contributed by atoms with Crippen molar-refractivity contribution in [3.05, 3.63) is 59.7 Å². The summed E-state index contributed by atoms with van der Waals surface area (Å²) in [5.41, 5.74) is 2.21. The van der Waals surface area contributed by atoms with Gasteiger partial charge in [0.1, 0.15) is 18.6 Å². The van der Waals surface area contributed by atoms with Crippen LogP contribution < -0.4 is 10.1 Å². The summed E-state index contributed by atoms with van der Waals surface area (Å²) in [7, 11) is 0. The highest BCUT2D eigenvalue weighted by atomic mass is 16.5. The monoisotopic (exact) mass is 281 g/mol.